The number of nitrogens with zero attached hydrogens (tertiary/aromatic N) is 1. The van der Waals surface area contributed by atoms with Gasteiger partial charge < -0.3 is 5.32 Å². The Hall–Kier alpha value is -1.58. The van der Waals surface area contributed by atoms with E-state index in [-0.39, 0.29) is 0 Å². The molecule has 4 heteroatoms. The Labute approximate surface area is 114 Å². The van der Waals surface area contributed by atoms with Gasteiger partial charge in [-0.25, -0.2) is 4.98 Å². The van der Waals surface area contributed by atoms with Crippen LogP contribution in [0.1, 0.15) is 5.56 Å². The maximum absolute atomic E-state index is 6.11. The lowest BCUT2D eigenvalue weighted by molar-refractivity contribution is 1.43. The van der Waals surface area contributed by atoms with Gasteiger partial charge in [0.05, 0.1) is 20.9 Å². The molecular formula is C14H11ClN2S. The molecule has 0 fully saturated rings. The maximum atomic E-state index is 6.11. The van der Waals surface area contributed by atoms with Crippen LogP contribution in [0.3, 0.4) is 0 Å². The van der Waals surface area contributed by atoms with Gasteiger partial charge in [0, 0.05) is 0 Å². The van der Waals surface area contributed by atoms with Gasteiger partial charge in [0.1, 0.15) is 0 Å². The van der Waals surface area contributed by atoms with E-state index in [9.17, 15) is 0 Å². The van der Waals surface area contributed by atoms with Gasteiger partial charge in [-0.05, 0) is 36.8 Å². The van der Waals surface area contributed by atoms with Gasteiger partial charge in [-0.15, -0.1) is 0 Å². The van der Waals surface area contributed by atoms with Crippen molar-refractivity contribution in [1.82, 2.24) is 4.98 Å². The second kappa shape index (κ2) is 4.59. The molecule has 0 atom stereocenters. The fourth-order valence-corrected chi connectivity index (χ4v) is 2.92. The number of hydrogen-bond acceptors (Lipinski definition) is 3. The van der Waals surface area contributed by atoms with Crippen LogP contribution in [-0.4, -0.2) is 4.98 Å². The van der Waals surface area contributed by atoms with Crippen LogP contribution in [0.4, 0.5) is 10.8 Å². The lowest BCUT2D eigenvalue weighted by atomic mass is 10.2. The quantitative estimate of drug-likeness (QED) is 0.711. The van der Waals surface area contributed by atoms with Crippen molar-refractivity contribution in [3.05, 3.63) is 53.1 Å². The Kier molecular flexibility index (Phi) is 2.94. The normalized spacial score (nSPS) is 10.8. The van der Waals surface area contributed by atoms with E-state index in [2.05, 4.69) is 29.4 Å². The summed E-state index contributed by atoms with van der Waals surface area (Å²) in [6, 6.07) is 13.9. The zero-order valence-electron chi connectivity index (χ0n) is 9.77. The van der Waals surface area contributed by atoms with Crippen molar-refractivity contribution in [3.8, 4) is 0 Å². The third-order valence-electron chi connectivity index (χ3n) is 2.66. The number of anilines is 2. The van der Waals surface area contributed by atoms with E-state index < -0.39 is 0 Å². The summed E-state index contributed by atoms with van der Waals surface area (Å²) in [7, 11) is 0. The van der Waals surface area contributed by atoms with E-state index in [0.29, 0.717) is 5.02 Å². The molecule has 90 valence electrons. The molecule has 0 aliphatic carbocycles. The number of aryl methyl sites for hydroxylation is 1. The van der Waals surface area contributed by atoms with Crippen LogP contribution < -0.4 is 5.32 Å². The number of aromatic nitrogens is 1. The van der Waals surface area contributed by atoms with Crippen LogP contribution in [0.5, 0.6) is 0 Å². The molecule has 0 radical (unpaired) electrons. The maximum Gasteiger partial charge on any atom is 0.188 e. The molecular weight excluding hydrogens is 264 g/mol. The van der Waals surface area contributed by atoms with Crippen LogP contribution in [0.2, 0.25) is 5.02 Å². The van der Waals surface area contributed by atoms with Crippen molar-refractivity contribution in [2.45, 2.75) is 6.92 Å². The highest BCUT2D eigenvalue weighted by Gasteiger charge is 2.05. The second-order valence-corrected chi connectivity index (χ2v) is 5.53. The van der Waals surface area contributed by atoms with E-state index in [0.717, 1.165) is 16.3 Å². The summed E-state index contributed by atoms with van der Waals surface area (Å²) in [6.45, 7) is 2.08. The van der Waals surface area contributed by atoms with Crippen molar-refractivity contribution in [3.63, 3.8) is 0 Å². The fourth-order valence-electron chi connectivity index (χ4n) is 1.76. The first-order chi connectivity index (χ1) is 8.72. The Morgan fingerprint density at radius 2 is 2.00 bits per heavy atom. The van der Waals surface area contributed by atoms with Crippen LogP contribution >= 0.6 is 22.9 Å². The molecule has 0 unspecified atom stereocenters. The van der Waals surface area contributed by atoms with E-state index >= 15 is 0 Å². The van der Waals surface area contributed by atoms with E-state index in [4.69, 9.17) is 11.6 Å². The van der Waals surface area contributed by atoms with Crippen molar-refractivity contribution in [1.29, 1.82) is 0 Å². The monoisotopic (exact) mass is 274 g/mol. The predicted octanol–water partition coefficient (Wildman–Crippen LogP) is 5.00. The van der Waals surface area contributed by atoms with Gasteiger partial charge in [-0.2, -0.15) is 0 Å². The predicted molar refractivity (Wildman–Crippen MR) is 79.1 cm³/mol. The van der Waals surface area contributed by atoms with Gasteiger partial charge >= 0.3 is 0 Å². The number of nitrogens with one attached hydrogen (secondary N) is 1. The van der Waals surface area contributed by atoms with Crippen molar-refractivity contribution >= 4 is 44.0 Å². The molecule has 0 aliphatic rings. The highest BCUT2D eigenvalue weighted by Crippen LogP contribution is 2.31. The van der Waals surface area contributed by atoms with Crippen LogP contribution in [0, 0.1) is 6.92 Å². The lowest BCUT2D eigenvalue weighted by Crippen LogP contribution is -1.89. The SMILES string of the molecule is Cc1ccc2nc(Nc3ccccc3Cl)sc2c1. The molecule has 0 aliphatic heterocycles. The first kappa shape index (κ1) is 11.5. The summed E-state index contributed by atoms with van der Waals surface area (Å²) in [5.41, 5.74) is 3.14. The van der Waals surface area contributed by atoms with E-state index in [1.807, 2.05) is 30.3 Å². The lowest BCUT2D eigenvalue weighted by Gasteiger charge is -2.03. The smallest absolute Gasteiger partial charge is 0.188 e. The summed E-state index contributed by atoms with van der Waals surface area (Å²) in [5, 5.41) is 4.82. The molecule has 3 rings (SSSR count). The number of halogens is 1. The van der Waals surface area contributed by atoms with Crippen LogP contribution in [0.15, 0.2) is 42.5 Å². The van der Waals surface area contributed by atoms with Gasteiger partial charge in [-0.1, -0.05) is 41.1 Å². The zero-order valence-corrected chi connectivity index (χ0v) is 11.3. The Balaban J connectivity index is 1.98. The molecule has 0 spiro atoms. The van der Waals surface area contributed by atoms with E-state index in [1.165, 1.54) is 10.3 Å². The molecule has 0 bridgehead atoms. The average Bonchev–Trinajstić information content (AvgIpc) is 2.73. The summed E-state index contributed by atoms with van der Waals surface area (Å²) >= 11 is 7.75. The van der Waals surface area contributed by atoms with Gasteiger partial charge in [0.2, 0.25) is 0 Å². The fraction of sp³-hybridized carbons (Fsp3) is 0.0714. The summed E-state index contributed by atoms with van der Waals surface area (Å²) in [6.07, 6.45) is 0. The zero-order chi connectivity index (χ0) is 12.5. The summed E-state index contributed by atoms with van der Waals surface area (Å²) in [4.78, 5) is 4.54. The number of rotatable bonds is 2. The molecule has 0 saturated carbocycles. The minimum Gasteiger partial charge on any atom is -0.330 e. The molecule has 2 aromatic carbocycles. The molecule has 3 aromatic rings. The first-order valence-corrected chi connectivity index (χ1v) is 6.80. The van der Waals surface area contributed by atoms with Crippen LogP contribution in [0.25, 0.3) is 10.2 Å². The molecule has 18 heavy (non-hydrogen) atoms. The first-order valence-electron chi connectivity index (χ1n) is 5.61. The number of thiazole rings is 1. The largest absolute Gasteiger partial charge is 0.330 e. The number of para-hydroxylation sites is 1. The number of fused-ring (bicyclic) bond motifs is 1. The molecule has 0 amide bonds. The van der Waals surface area contributed by atoms with Crippen LogP contribution in [-0.2, 0) is 0 Å². The Bertz CT molecular complexity index is 706. The van der Waals surface area contributed by atoms with Crippen molar-refractivity contribution in [2.75, 3.05) is 5.32 Å². The average molecular weight is 275 g/mol. The summed E-state index contributed by atoms with van der Waals surface area (Å²) in [5.74, 6) is 0. The standard InChI is InChI=1S/C14H11ClN2S/c1-9-6-7-12-13(8-9)18-14(17-12)16-11-5-3-2-4-10(11)15/h2-8H,1H3,(H,16,17). The number of hydrogen-bond donors (Lipinski definition) is 1. The minimum absolute atomic E-state index is 0.702. The molecule has 2 nitrogen and oxygen atoms in total. The van der Waals surface area contributed by atoms with E-state index in [1.54, 1.807) is 11.3 Å². The van der Waals surface area contributed by atoms with Gasteiger partial charge in [0.25, 0.3) is 0 Å². The Morgan fingerprint density at radius 1 is 1.17 bits per heavy atom. The third kappa shape index (κ3) is 2.19. The molecule has 1 heterocycles. The van der Waals surface area contributed by atoms with Crippen molar-refractivity contribution in [2.24, 2.45) is 0 Å². The van der Waals surface area contributed by atoms with Gasteiger partial charge in [-0.3, -0.25) is 0 Å². The molecule has 1 N–H and O–H groups in total. The highest BCUT2D eigenvalue weighted by atomic mass is 35.5. The second-order valence-electron chi connectivity index (χ2n) is 4.10. The number of benzene rings is 2. The third-order valence-corrected chi connectivity index (χ3v) is 3.92. The topological polar surface area (TPSA) is 24.9 Å². The summed E-state index contributed by atoms with van der Waals surface area (Å²) < 4.78 is 1.18. The van der Waals surface area contributed by atoms with Gasteiger partial charge in [0.15, 0.2) is 5.13 Å². The minimum atomic E-state index is 0.702. The molecule has 0 saturated heterocycles. The van der Waals surface area contributed by atoms with Crippen molar-refractivity contribution < 1.29 is 0 Å². The highest BCUT2D eigenvalue weighted by molar-refractivity contribution is 7.22. The Morgan fingerprint density at radius 3 is 2.83 bits per heavy atom. The molecule has 1 aromatic heterocycles.